The average molecular weight is 305 g/mol. The fourth-order valence-corrected chi connectivity index (χ4v) is 2.90. The summed E-state index contributed by atoms with van der Waals surface area (Å²) in [5.41, 5.74) is 5.01. The Morgan fingerprint density at radius 2 is 1.90 bits per heavy atom. The van der Waals surface area contributed by atoms with Crippen LogP contribution in [0.2, 0.25) is 0 Å². The van der Waals surface area contributed by atoms with Crippen LogP contribution in [-0.4, -0.2) is 17.9 Å². The number of benzene rings is 1. The number of anilines is 1. The van der Waals surface area contributed by atoms with E-state index in [4.69, 9.17) is 17.0 Å². The predicted molar refractivity (Wildman–Crippen MR) is 92.0 cm³/mol. The summed E-state index contributed by atoms with van der Waals surface area (Å²) in [6, 6.07) is 7.67. The van der Waals surface area contributed by atoms with Crippen LogP contribution in [0.25, 0.3) is 0 Å². The van der Waals surface area contributed by atoms with Crippen LogP contribution in [0.1, 0.15) is 33.1 Å². The summed E-state index contributed by atoms with van der Waals surface area (Å²) in [5, 5.41) is 8.12. The monoisotopic (exact) mass is 305 g/mol. The summed E-state index contributed by atoms with van der Waals surface area (Å²) >= 11 is 5.30. The summed E-state index contributed by atoms with van der Waals surface area (Å²) in [4.78, 5) is 0. The number of nitrogens with zero attached hydrogens (tertiary/aromatic N) is 1. The molecule has 0 radical (unpaired) electrons. The molecule has 0 aromatic heterocycles. The second-order valence-electron chi connectivity index (χ2n) is 5.54. The zero-order valence-electron chi connectivity index (χ0n) is 12.8. The zero-order valence-corrected chi connectivity index (χ0v) is 13.7. The maximum absolute atomic E-state index is 5.30. The number of thiocarbonyl (C=S) groups is 1. The molecule has 2 N–H and O–H groups in total. The third kappa shape index (κ3) is 4.17. The topological polar surface area (TPSA) is 45.6 Å². The molecule has 1 aliphatic carbocycles. The van der Waals surface area contributed by atoms with Crippen LogP contribution in [-0.2, 0) is 0 Å². The van der Waals surface area contributed by atoms with Crippen LogP contribution in [0.5, 0.6) is 5.75 Å². The number of nitrogens with one attached hydrogen (secondary N) is 2. The molecule has 1 aliphatic rings. The van der Waals surface area contributed by atoms with Crippen molar-refractivity contribution in [3.8, 4) is 5.75 Å². The predicted octanol–water partition coefficient (Wildman–Crippen LogP) is 3.79. The van der Waals surface area contributed by atoms with Crippen molar-refractivity contribution >= 4 is 28.7 Å². The maximum atomic E-state index is 5.30. The molecule has 2 rings (SSSR count). The molecule has 1 aromatic carbocycles. The van der Waals surface area contributed by atoms with Gasteiger partial charge in [0.25, 0.3) is 0 Å². The van der Waals surface area contributed by atoms with E-state index in [-0.39, 0.29) is 0 Å². The van der Waals surface area contributed by atoms with Crippen molar-refractivity contribution in [2.75, 3.05) is 12.4 Å². The molecule has 5 heteroatoms. The lowest BCUT2D eigenvalue weighted by molar-refractivity contribution is 0.417. The summed E-state index contributed by atoms with van der Waals surface area (Å²) in [6.07, 6.45) is 3.69. The highest BCUT2D eigenvalue weighted by molar-refractivity contribution is 7.80. The molecule has 0 heterocycles. The van der Waals surface area contributed by atoms with E-state index < -0.39 is 0 Å². The molecular weight excluding hydrogens is 282 g/mol. The van der Waals surface area contributed by atoms with E-state index in [2.05, 4.69) is 29.7 Å². The van der Waals surface area contributed by atoms with E-state index in [0.717, 1.165) is 11.4 Å². The van der Waals surface area contributed by atoms with E-state index >= 15 is 0 Å². The van der Waals surface area contributed by atoms with Crippen molar-refractivity contribution in [1.82, 2.24) is 5.43 Å². The van der Waals surface area contributed by atoms with Gasteiger partial charge in [-0.3, -0.25) is 5.43 Å². The fraction of sp³-hybridized carbons (Fsp3) is 0.500. The highest BCUT2D eigenvalue weighted by Crippen LogP contribution is 2.26. The second-order valence-corrected chi connectivity index (χ2v) is 5.94. The highest BCUT2D eigenvalue weighted by atomic mass is 32.1. The van der Waals surface area contributed by atoms with Crippen molar-refractivity contribution < 1.29 is 4.74 Å². The molecule has 0 aliphatic heterocycles. The SMILES string of the molecule is COc1ccccc1NC(=S)NN=C1[C@H](C)CCC[C@H]1C. The Labute approximate surface area is 132 Å². The van der Waals surface area contributed by atoms with Crippen LogP contribution in [0, 0.1) is 11.8 Å². The van der Waals surface area contributed by atoms with Crippen molar-refractivity contribution in [2.24, 2.45) is 16.9 Å². The van der Waals surface area contributed by atoms with E-state index in [1.165, 1.54) is 25.0 Å². The number of methoxy groups -OCH3 is 1. The van der Waals surface area contributed by atoms with Gasteiger partial charge in [-0.2, -0.15) is 5.10 Å². The molecule has 0 spiro atoms. The van der Waals surface area contributed by atoms with Gasteiger partial charge in [0.1, 0.15) is 5.75 Å². The minimum Gasteiger partial charge on any atom is -0.495 e. The first kappa shape index (κ1) is 15.8. The third-order valence-corrected chi connectivity index (χ3v) is 4.12. The first-order valence-electron chi connectivity index (χ1n) is 7.39. The van der Waals surface area contributed by atoms with Gasteiger partial charge in [-0.05, 0) is 49.0 Å². The minimum atomic E-state index is 0.483. The molecule has 114 valence electrons. The second kappa shape index (κ2) is 7.41. The molecule has 1 fully saturated rings. The summed E-state index contributed by atoms with van der Waals surface area (Å²) in [5.74, 6) is 1.80. The van der Waals surface area contributed by atoms with Gasteiger partial charge in [-0.1, -0.05) is 32.4 Å². The number of ether oxygens (including phenoxy) is 1. The lowest BCUT2D eigenvalue weighted by atomic mass is 9.81. The molecule has 4 nitrogen and oxygen atoms in total. The van der Waals surface area contributed by atoms with Crippen molar-refractivity contribution in [3.05, 3.63) is 24.3 Å². The average Bonchev–Trinajstić information content (AvgIpc) is 2.47. The van der Waals surface area contributed by atoms with Crippen LogP contribution >= 0.6 is 12.2 Å². The normalized spacial score (nSPS) is 21.6. The third-order valence-electron chi connectivity index (χ3n) is 3.93. The number of rotatable bonds is 3. The van der Waals surface area contributed by atoms with Gasteiger partial charge in [0.05, 0.1) is 12.8 Å². The van der Waals surface area contributed by atoms with Crippen LogP contribution in [0.3, 0.4) is 0 Å². The van der Waals surface area contributed by atoms with E-state index in [0.29, 0.717) is 16.9 Å². The molecule has 1 saturated carbocycles. The van der Waals surface area contributed by atoms with Crippen molar-refractivity contribution in [1.29, 1.82) is 0 Å². The number of para-hydroxylation sites is 2. The Morgan fingerprint density at radius 1 is 1.24 bits per heavy atom. The molecule has 0 saturated heterocycles. The molecule has 2 atom stereocenters. The number of hydrazone groups is 1. The standard InChI is InChI=1S/C16H23N3OS/c1-11-7-6-8-12(2)15(11)18-19-16(21)17-13-9-4-5-10-14(13)20-3/h4-5,9-12H,6-8H2,1-3H3,(H2,17,19,21)/t11-,12-/m1/s1. The van der Waals surface area contributed by atoms with E-state index in [1.54, 1.807) is 7.11 Å². The minimum absolute atomic E-state index is 0.483. The highest BCUT2D eigenvalue weighted by Gasteiger charge is 2.22. The van der Waals surface area contributed by atoms with Crippen LogP contribution in [0.15, 0.2) is 29.4 Å². The van der Waals surface area contributed by atoms with E-state index in [1.807, 2.05) is 24.3 Å². The van der Waals surface area contributed by atoms with Gasteiger partial charge in [0, 0.05) is 5.71 Å². The maximum Gasteiger partial charge on any atom is 0.191 e. The van der Waals surface area contributed by atoms with Gasteiger partial charge in [-0.25, -0.2) is 0 Å². The Bertz CT molecular complexity index is 518. The fourth-order valence-electron chi connectivity index (χ4n) is 2.75. The molecule has 21 heavy (non-hydrogen) atoms. The van der Waals surface area contributed by atoms with Crippen molar-refractivity contribution in [2.45, 2.75) is 33.1 Å². The lowest BCUT2D eigenvalue weighted by Crippen LogP contribution is -2.31. The smallest absolute Gasteiger partial charge is 0.191 e. The summed E-state index contributed by atoms with van der Waals surface area (Å²) in [7, 11) is 1.64. The van der Waals surface area contributed by atoms with Gasteiger partial charge < -0.3 is 10.1 Å². The number of hydrogen-bond acceptors (Lipinski definition) is 3. The molecule has 0 amide bonds. The van der Waals surface area contributed by atoms with Gasteiger partial charge in [0.2, 0.25) is 0 Å². The first-order chi connectivity index (χ1) is 10.1. The Hall–Kier alpha value is -1.62. The lowest BCUT2D eigenvalue weighted by Gasteiger charge is -2.26. The van der Waals surface area contributed by atoms with Crippen LogP contribution < -0.4 is 15.5 Å². The van der Waals surface area contributed by atoms with Gasteiger partial charge >= 0.3 is 0 Å². The van der Waals surface area contributed by atoms with Crippen molar-refractivity contribution in [3.63, 3.8) is 0 Å². The molecule has 0 bridgehead atoms. The van der Waals surface area contributed by atoms with Gasteiger partial charge in [0.15, 0.2) is 5.11 Å². The molecule has 0 unspecified atom stereocenters. The van der Waals surface area contributed by atoms with Crippen LogP contribution in [0.4, 0.5) is 5.69 Å². The quantitative estimate of drug-likeness (QED) is 0.659. The van der Waals surface area contributed by atoms with Gasteiger partial charge in [-0.15, -0.1) is 0 Å². The molecule has 1 aromatic rings. The van der Waals surface area contributed by atoms with E-state index in [9.17, 15) is 0 Å². The summed E-state index contributed by atoms with van der Waals surface area (Å²) < 4.78 is 5.29. The Kier molecular flexibility index (Phi) is 5.56. The first-order valence-corrected chi connectivity index (χ1v) is 7.80. The summed E-state index contributed by atoms with van der Waals surface area (Å²) in [6.45, 7) is 4.46. The number of hydrogen-bond donors (Lipinski definition) is 2. The zero-order chi connectivity index (χ0) is 15.2. The molecular formula is C16H23N3OS. The Morgan fingerprint density at radius 3 is 2.57 bits per heavy atom. The Balaban J connectivity index is 1.98. The largest absolute Gasteiger partial charge is 0.495 e.